The van der Waals surface area contributed by atoms with Crippen molar-refractivity contribution >= 4 is 18.3 Å². The molecule has 0 aromatic heterocycles. The summed E-state index contributed by atoms with van der Waals surface area (Å²) in [5.74, 6) is 0.523. The lowest BCUT2D eigenvalue weighted by Gasteiger charge is -2.37. The summed E-state index contributed by atoms with van der Waals surface area (Å²) in [4.78, 5) is 14.4. The van der Waals surface area contributed by atoms with Crippen LogP contribution in [0.25, 0.3) is 0 Å². The number of carbonyl (C=O) groups excluding carboxylic acids is 1. The first-order chi connectivity index (χ1) is 10.5. The summed E-state index contributed by atoms with van der Waals surface area (Å²) in [6.45, 7) is 1.88. The van der Waals surface area contributed by atoms with Gasteiger partial charge in [0, 0.05) is 33.4 Å². The predicted molar refractivity (Wildman–Crippen MR) is 89.9 cm³/mol. The van der Waals surface area contributed by atoms with Crippen molar-refractivity contribution in [2.45, 2.75) is 19.4 Å². The number of aromatic hydroxyl groups is 1. The summed E-state index contributed by atoms with van der Waals surface area (Å²) < 4.78 is 10.4. The minimum atomic E-state index is -0.526. The number of benzene rings is 1. The van der Waals surface area contributed by atoms with Crippen LogP contribution in [0.5, 0.6) is 11.5 Å². The number of halogens is 1. The lowest BCUT2D eigenvalue weighted by Crippen LogP contribution is -2.49. The van der Waals surface area contributed by atoms with E-state index in [-0.39, 0.29) is 24.1 Å². The summed E-state index contributed by atoms with van der Waals surface area (Å²) in [5.41, 5.74) is 6.19. The first-order valence-electron chi connectivity index (χ1n) is 7.41. The van der Waals surface area contributed by atoms with Crippen LogP contribution in [0.3, 0.4) is 0 Å². The maximum absolute atomic E-state index is 12.8. The summed E-state index contributed by atoms with van der Waals surface area (Å²) in [6, 6.07) is 5.14. The summed E-state index contributed by atoms with van der Waals surface area (Å²) in [7, 11) is 3.26. The van der Waals surface area contributed by atoms with Gasteiger partial charge in [0.05, 0.1) is 12.5 Å². The van der Waals surface area contributed by atoms with Gasteiger partial charge in [-0.15, -0.1) is 12.4 Å². The van der Waals surface area contributed by atoms with Crippen LogP contribution in [0.2, 0.25) is 0 Å². The Balaban J connectivity index is 0.00000264. The fourth-order valence-electron chi connectivity index (χ4n) is 2.85. The van der Waals surface area contributed by atoms with Crippen molar-refractivity contribution in [2.24, 2.45) is 11.1 Å². The second-order valence-corrected chi connectivity index (χ2v) is 5.76. The van der Waals surface area contributed by atoms with E-state index in [2.05, 4.69) is 0 Å². The molecule has 1 aliphatic rings. The Kier molecular flexibility index (Phi) is 7.12. The molecule has 0 unspecified atom stereocenters. The molecule has 1 aromatic rings. The molecule has 1 heterocycles. The van der Waals surface area contributed by atoms with Gasteiger partial charge in [-0.1, -0.05) is 6.07 Å². The van der Waals surface area contributed by atoms with Crippen molar-refractivity contribution in [3.63, 3.8) is 0 Å². The van der Waals surface area contributed by atoms with E-state index in [0.29, 0.717) is 44.9 Å². The number of phenolic OH excluding ortho intramolecular Hbond substituents is 1. The number of carbonyl (C=O) groups is 1. The minimum absolute atomic E-state index is 0. The predicted octanol–water partition coefficient (Wildman–Crippen LogP) is 1.54. The van der Waals surface area contributed by atoms with Gasteiger partial charge in [-0.05, 0) is 30.5 Å². The fourth-order valence-corrected chi connectivity index (χ4v) is 2.85. The molecule has 2 rings (SSSR count). The molecule has 3 N–H and O–H groups in total. The summed E-state index contributed by atoms with van der Waals surface area (Å²) in [5, 5.41) is 9.82. The number of hydrogen-bond donors (Lipinski definition) is 2. The second kappa shape index (κ2) is 8.38. The molecule has 0 atom stereocenters. The maximum atomic E-state index is 12.8. The Labute approximate surface area is 143 Å². The highest BCUT2D eigenvalue weighted by atomic mass is 35.5. The van der Waals surface area contributed by atoms with Gasteiger partial charge in [-0.25, -0.2) is 0 Å². The number of nitrogens with zero attached hydrogens (tertiary/aromatic N) is 1. The van der Waals surface area contributed by atoms with Gasteiger partial charge in [0.1, 0.15) is 0 Å². The lowest BCUT2D eigenvalue weighted by atomic mass is 9.79. The zero-order chi connectivity index (χ0) is 16.2. The zero-order valence-corrected chi connectivity index (χ0v) is 14.4. The number of rotatable bonds is 5. The van der Waals surface area contributed by atoms with E-state index in [4.69, 9.17) is 15.2 Å². The molecule has 0 saturated carbocycles. The highest BCUT2D eigenvalue weighted by Crippen LogP contribution is 2.32. The van der Waals surface area contributed by atoms with Crippen LogP contribution < -0.4 is 10.5 Å². The molecule has 7 heteroatoms. The van der Waals surface area contributed by atoms with Gasteiger partial charge >= 0.3 is 0 Å². The monoisotopic (exact) mass is 344 g/mol. The molecular formula is C16H25ClN2O4. The number of phenols is 1. The lowest BCUT2D eigenvalue weighted by molar-refractivity contribution is -0.146. The van der Waals surface area contributed by atoms with Gasteiger partial charge < -0.3 is 25.2 Å². The Morgan fingerprint density at radius 2 is 2.09 bits per heavy atom. The Morgan fingerprint density at radius 3 is 2.61 bits per heavy atom. The van der Waals surface area contributed by atoms with E-state index < -0.39 is 5.41 Å². The Morgan fingerprint density at radius 1 is 1.43 bits per heavy atom. The average Bonchev–Trinajstić information content (AvgIpc) is 2.55. The Hall–Kier alpha value is -1.50. The van der Waals surface area contributed by atoms with Crippen LogP contribution in [0, 0.1) is 5.41 Å². The average molecular weight is 345 g/mol. The number of methoxy groups -OCH3 is 1. The molecule has 130 valence electrons. The normalized spacial score (nSPS) is 16.3. The van der Waals surface area contributed by atoms with Gasteiger partial charge in [0.2, 0.25) is 5.91 Å². The largest absolute Gasteiger partial charge is 0.504 e. The van der Waals surface area contributed by atoms with Crippen LogP contribution in [-0.4, -0.2) is 49.8 Å². The molecule has 1 amide bonds. The van der Waals surface area contributed by atoms with Gasteiger partial charge in [0.15, 0.2) is 11.5 Å². The van der Waals surface area contributed by atoms with Crippen molar-refractivity contribution in [1.82, 2.24) is 4.90 Å². The van der Waals surface area contributed by atoms with Crippen molar-refractivity contribution in [3.8, 4) is 11.5 Å². The number of hydrogen-bond acceptors (Lipinski definition) is 5. The second-order valence-electron chi connectivity index (χ2n) is 5.76. The third-order valence-corrected chi connectivity index (χ3v) is 4.30. The molecule has 0 aliphatic carbocycles. The zero-order valence-electron chi connectivity index (χ0n) is 13.6. The molecule has 0 bridgehead atoms. The molecule has 1 aromatic carbocycles. The first-order valence-corrected chi connectivity index (χ1v) is 7.41. The van der Waals surface area contributed by atoms with E-state index in [9.17, 15) is 9.90 Å². The maximum Gasteiger partial charge on any atom is 0.230 e. The van der Waals surface area contributed by atoms with Crippen molar-refractivity contribution < 1.29 is 19.4 Å². The van der Waals surface area contributed by atoms with Crippen LogP contribution in [-0.2, 0) is 16.1 Å². The van der Waals surface area contributed by atoms with E-state index in [0.717, 1.165) is 5.56 Å². The van der Waals surface area contributed by atoms with Crippen LogP contribution in [0.1, 0.15) is 18.4 Å². The van der Waals surface area contributed by atoms with E-state index in [1.165, 1.54) is 7.11 Å². The van der Waals surface area contributed by atoms with Crippen LogP contribution >= 0.6 is 12.4 Å². The van der Waals surface area contributed by atoms with Gasteiger partial charge in [-0.3, -0.25) is 4.79 Å². The SMILES string of the molecule is COc1ccc(CN(C)C(=O)C2(CN)CCOCC2)cc1O.Cl. The molecule has 0 radical (unpaired) electrons. The van der Waals surface area contributed by atoms with Crippen molar-refractivity contribution in [1.29, 1.82) is 0 Å². The van der Waals surface area contributed by atoms with Crippen LogP contribution in [0.4, 0.5) is 0 Å². The number of nitrogens with two attached hydrogens (primary N) is 1. The topological polar surface area (TPSA) is 85.0 Å². The molecule has 1 aliphatic heterocycles. The third kappa shape index (κ3) is 4.28. The standard InChI is InChI=1S/C16H24N2O4.ClH/c1-18(10-12-3-4-14(21-2)13(19)9-12)15(20)16(11-17)5-7-22-8-6-16;/h3-4,9,19H,5-8,10-11,17H2,1-2H3;1H. The molecule has 1 saturated heterocycles. The summed E-state index contributed by atoms with van der Waals surface area (Å²) in [6.07, 6.45) is 1.31. The quantitative estimate of drug-likeness (QED) is 0.846. The highest BCUT2D eigenvalue weighted by Gasteiger charge is 2.40. The smallest absolute Gasteiger partial charge is 0.230 e. The highest BCUT2D eigenvalue weighted by molar-refractivity contribution is 5.85. The van der Waals surface area contributed by atoms with E-state index in [1.54, 1.807) is 24.1 Å². The molecule has 23 heavy (non-hydrogen) atoms. The number of amides is 1. The van der Waals surface area contributed by atoms with E-state index >= 15 is 0 Å². The Bertz CT molecular complexity index is 533. The van der Waals surface area contributed by atoms with Crippen molar-refractivity contribution in [3.05, 3.63) is 23.8 Å². The fraction of sp³-hybridized carbons (Fsp3) is 0.562. The molecule has 0 spiro atoms. The third-order valence-electron chi connectivity index (χ3n) is 4.30. The minimum Gasteiger partial charge on any atom is -0.504 e. The van der Waals surface area contributed by atoms with Gasteiger partial charge in [0.25, 0.3) is 0 Å². The molecular weight excluding hydrogens is 320 g/mol. The van der Waals surface area contributed by atoms with Gasteiger partial charge in [-0.2, -0.15) is 0 Å². The molecule has 6 nitrogen and oxygen atoms in total. The van der Waals surface area contributed by atoms with Crippen LogP contribution in [0.15, 0.2) is 18.2 Å². The first kappa shape index (κ1) is 19.5. The molecule has 1 fully saturated rings. The number of ether oxygens (including phenoxy) is 2. The summed E-state index contributed by atoms with van der Waals surface area (Å²) >= 11 is 0. The van der Waals surface area contributed by atoms with Crippen molar-refractivity contribution in [2.75, 3.05) is 33.9 Å². The van der Waals surface area contributed by atoms with E-state index in [1.807, 2.05) is 6.07 Å².